The molecule has 1 atom stereocenters. The second-order valence-corrected chi connectivity index (χ2v) is 8.32. The van der Waals surface area contributed by atoms with Crippen LogP contribution in [0.15, 0.2) is 53.6 Å². The predicted molar refractivity (Wildman–Crippen MR) is 130 cm³/mol. The van der Waals surface area contributed by atoms with Crippen molar-refractivity contribution < 1.29 is 9.53 Å². The standard InChI is InChI=1S/C25H30N6O3/c1-3-19-15-24(32)31(17-27-19)14-12-26-25(33)18-7-6-13-30(16-18)23-11-10-21(28-29-23)20-8-4-5-9-22(20)34-2/h4-5,8-11,15,17-18H,3,6-7,12-14,16H2,1-2H3,(H,26,33). The maximum absolute atomic E-state index is 12.8. The molecule has 1 N–H and O–H groups in total. The van der Waals surface area contributed by atoms with E-state index in [-0.39, 0.29) is 17.4 Å². The van der Waals surface area contributed by atoms with Crippen LogP contribution in [0.2, 0.25) is 0 Å². The highest BCUT2D eigenvalue weighted by Crippen LogP contribution is 2.29. The van der Waals surface area contributed by atoms with Gasteiger partial charge in [-0.3, -0.25) is 14.2 Å². The summed E-state index contributed by atoms with van der Waals surface area (Å²) in [6.07, 6.45) is 3.99. The Labute approximate surface area is 198 Å². The minimum absolute atomic E-state index is 0.00510. The number of amides is 1. The topological polar surface area (TPSA) is 102 Å². The molecular weight excluding hydrogens is 432 g/mol. The smallest absolute Gasteiger partial charge is 0.253 e. The average Bonchev–Trinajstić information content (AvgIpc) is 2.89. The molecule has 1 fully saturated rings. The second-order valence-electron chi connectivity index (χ2n) is 8.32. The fourth-order valence-electron chi connectivity index (χ4n) is 4.16. The number of benzene rings is 1. The quantitative estimate of drug-likeness (QED) is 0.548. The van der Waals surface area contributed by atoms with Crippen molar-refractivity contribution in [2.75, 3.05) is 31.6 Å². The fraction of sp³-hybridized carbons (Fsp3) is 0.400. The van der Waals surface area contributed by atoms with Gasteiger partial charge in [-0.05, 0) is 43.5 Å². The molecule has 1 aliphatic heterocycles. The third-order valence-corrected chi connectivity index (χ3v) is 6.10. The molecular formula is C25H30N6O3. The number of aromatic nitrogens is 4. The number of nitrogens with zero attached hydrogens (tertiary/aromatic N) is 5. The van der Waals surface area contributed by atoms with Crippen LogP contribution in [0.25, 0.3) is 11.3 Å². The van der Waals surface area contributed by atoms with Crippen molar-refractivity contribution in [2.24, 2.45) is 5.92 Å². The minimum Gasteiger partial charge on any atom is -0.496 e. The van der Waals surface area contributed by atoms with Crippen molar-refractivity contribution in [1.82, 2.24) is 25.1 Å². The number of piperidine rings is 1. The number of methoxy groups -OCH3 is 1. The molecule has 34 heavy (non-hydrogen) atoms. The van der Waals surface area contributed by atoms with Gasteiger partial charge in [0.2, 0.25) is 5.91 Å². The molecule has 3 aromatic rings. The Hall–Kier alpha value is -3.75. The summed E-state index contributed by atoms with van der Waals surface area (Å²) in [5.41, 5.74) is 2.30. The van der Waals surface area contributed by atoms with Crippen LogP contribution in [0.5, 0.6) is 5.75 Å². The largest absolute Gasteiger partial charge is 0.496 e. The van der Waals surface area contributed by atoms with Gasteiger partial charge in [-0.25, -0.2) is 4.98 Å². The molecule has 0 saturated carbocycles. The SMILES string of the molecule is CCc1cc(=O)n(CCNC(=O)C2CCCN(c3ccc(-c4ccccc4OC)nn3)C2)cn1. The van der Waals surface area contributed by atoms with Gasteiger partial charge in [0.1, 0.15) is 5.75 Å². The van der Waals surface area contributed by atoms with E-state index in [2.05, 4.69) is 25.4 Å². The molecule has 1 aliphatic rings. The second kappa shape index (κ2) is 10.9. The number of hydrogen-bond acceptors (Lipinski definition) is 7. The van der Waals surface area contributed by atoms with Gasteiger partial charge < -0.3 is 15.0 Å². The number of para-hydroxylation sites is 1. The Morgan fingerprint density at radius 3 is 2.79 bits per heavy atom. The molecule has 4 rings (SSSR count). The van der Waals surface area contributed by atoms with E-state index in [1.54, 1.807) is 19.5 Å². The van der Waals surface area contributed by atoms with Gasteiger partial charge in [-0.15, -0.1) is 10.2 Å². The molecule has 3 heterocycles. The van der Waals surface area contributed by atoms with Crippen molar-refractivity contribution in [3.63, 3.8) is 0 Å². The van der Waals surface area contributed by atoms with Gasteiger partial charge in [-0.2, -0.15) is 0 Å². The molecule has 1 saturated heterocycles. The molecule has 1 amide bonds. The first-order valence-electron chi connectivity index (χ1n) is 11.6. The molecule has 0 spiro atoms. The van der Waals surface area contributed by atoms with Gasteiger partial charge in [0.25, 0.3) is 5.56 Å². The van der Waals surface area contributed by atoms with Crippen molar-refractivity contribution in [3.8, 4) is 17.0 Å². The number of carbonyl (C=O) groups excluding carboxylic acids is 1. The zero-order valence-corrected chi connectivity index (χ0v) is 19.6. The zero-order chi connectivity index (χ0) is 23.9. The fourth-order valence-corrected chi connectivity index (χ4v) is 4.16. The van der Waals surface area contributed by atoms with E-state index in [0.717, 1.165) is 54.3 Å². The normalized spacial score (nSPS) is 15.7. The molecule has 1 unspecified atom stereocenters. The van der Waals surface area contributed by atoms with Crippen LogP contribution in [0.3, 0.4) is 0 Å². The number of nitrogens with one attached hydrogen (secondary N) is 1. The lowest BCUT2D eigenvalue weighted by Gasteiger charge is -2.32. The first-order chi connectivity index (χ1) is 16.6. The predicted octanol–water partition coefficient (Wildman–Crippen LogP) is 2.30. The van der Waals surface area contributed by atoms with Crippen LogP contribution in [0, 0.1) is 5.92 Å². The van der Waals surface area contributed by atoms with Crippen LogP contribution in [-0.4, -0.2) is 52.4 Å². The summed E-state index contributed by atoms with van der Waals surface area (Å²) >= 11 is 0. The summed E-state index contributed by atoms with van der Waals surface area (Å²) in [6, 6.07) is 13.1. The van der Waals surface area contributed by atoms with Gasteiger partial charge in [0, 0.05) is 43.5 Å². The Kier molecular flexibility index (Phi) is 7.51. The summed E-state index contributed by atoms with van der Waals surface area (Å²) in [6.45, 7) is 4.16. The lowest BCUT2D eigenvalue weighted by atomic mass is 9.97. The summed E-state index contributed by atoms with van der Waals surface area (Å²) in [7, 11) is 1.64. The summed E-state index contributed by atoms with van der Waals surface area (Å²) in [5.74, 6) is 1.36. The highest BCUT2D eigenvalue weighted by atomic mass is 16.5. The monoisotopic (exact) mass is 462 g/mol. The Morgan fingerprint density at radius 2 is 2.06 bits per heavy atom. The van der Waals surface area contributed by atoms with E-state index in [0.29, 0.717) is 19.6 Å². The van der Waals surface area contributed by atoms with Crippen LogP contribution in [0.4, 0.5) is 5.82 Å². The molecule has 0 aliphatic carbocycles. The highest BCUT2D eigenvalue weighted by Gasteiger charge is 2.26. The lowest BCUT2D eigenvalue weighted by Crippen LogP contribution is -2.44. The van der Waals surface area contributed by atoms with Gasteiger partial charge in [0.05, 0.1) is 25.0 Å². The number of ether oxygens (including phenoxy) is 1. The van der Waals surface area contributed by atoms with Gasteiger partial charge in [0.15, 0.2) is 5.82 Å². The van der Waals surface area contributed by atoms with E-state index < -0.39 is 0 Å². The number of anilines is 1. The van der Waals surface area contributed by atoms with Crippen molar-refractivity contribution >= 4 is 11.7 Å². The van der Waals surface area contributed by atoms with E-state index in [1.165, 1.54) is 4.57 Å². The molecule has 1 aromatic carbocycles. The number of hydrogen-bond donors (Lipinski definition) is 1. The van der Waals surface area contributed by atoms with Crippen LogP contribution < -0.4 is 20.5 Å². The van der Waals surface area contributed by atoms with Gasteiger partial charge in [-0.1, -0.05) is 19.1 Å². The number of aryl methyl sites for hydroxylation is 1. The third-order valence-electron chi connectivity index (χ3n) is 6.10. The van der Waals surface area contributed by atoms with Crippen LogP contribution in [0.1, 0.15) is 25.5 Å². The highest BCUT2D eigenvalue weighted by molar-refractivity contribution is 5.79. The maximum atomic E-state index is 12.8. The number of rotatable bonds is 8. The zero-order valence-electron chi connectivity index (χ0n) is 19.6. The van der Waals surface area contributed by atoms with Crippen molar-refractivity contribution in [2.45, 2.75) is 32.7 Å². The maximum Gasteiger partial charge on any atom is 0.253 e. The van der Waals surface area contributed by atoms with E-state index in [1.807, 2.05) is 43.3 Å². The molecule has 178 valence electrons. The Morgan fingerprint density at radius 1 is 1.21 bits per heavy atom. The van der Waals surface area contributed by atoms with Gasteiger partial charge >= 0.3 is 0 Å². The summed E-state index contributed by atoms with van der Waals surface area (Å²) < 4.78 is 6.94. The summed E-state index contributed by atoms with van der Waals surface area (Å²) in [4.78, 5) is 31.2. The molecule has 0 bridgehead atoms. The van der Waals surface area contributed by atoms with Crippen molar-refractivity contribution in [3.05, 3.63) is 64.8 Å². The van der Waals surface area contributed by atoms with E-state index in [9.17, 15) is 9.59 Å². The molecule has 9 nitrogen and oxygen atoms in total. The number of carbonyl (C=O) groups is 1. The average molecular weight is 463 g/mol. The third kappa shape index (κ3) is 5.41. The first kappa shape index (κ1) is 23.4. The first-order valence-corrected chi connectivity index (χ1v) is 11.6. The molecule has 9 heteroatoms. The molecule has 2 aromatic heterocycles. The Bertz CT molecular complexity index is 1180. The lowest BCUT2D eigenvalue weighted by molar-refractivity contribution is -0.125. The van der Waals surface area contributed by atoms with E-state index >= 15 is 0 Å². The molecule has 0 radical (unpaired) electrons. The van der Waals surface area contributed by atoms with Crippen LogP contribution in [-0.2, 0) is 17.8 Å². The van der Waals surface area contributed by atoms with Crippen molar-refractivity contribution in [1.29, 1.82) is 0 Å². The van der Waals surface area contributed by atoms with E-state index in [4.69, 9.17) is 4.74 Å². The minimum atomic E-state index is -0.137. The Balaban J connectivity index is 1.33. The van der Waals surface area contributed by atoms with Crippen LogP contribution >= 0.6 is 0 Å². The summed E-state index contributed by atoms with van der Waals surface area (Å²) in [5, 5.41) is 11.8.